The normalized spacial score (nSPS) is 13.6. The molecule has 0 aromatic heterocycles. The number of benzene rings is 2. The molecule has 22 heavy (non-hydrogen) atoms. The van der Waals surface area contributed by atoms with Gasteiger partial charge in [-0.3, -0.25) is 4.79 Å². The van der Waals surface area contributed by atoms with E-state index in [0.29, 0.717) is 0 Å². The largest absolute Gasteiger partial charge is 0.483 e. The third-order valence-electron chi connectivity index (χ3n) is 3.72. The quantitative estimate of drug-likeness (QED) is 0.863. The summed E-state index contributed by atoms with van der Waals surface area (Å²) < 4.78 is 5.75. The van der Waals surface area contributed by atoms with Gasteiger partial charge in [0.1, 0.15) is 5.75 Å². The zero-order valence-corrected chi connectivity index (χ0v) is 13.7. The van der Waals surface area contributed by atoms with Crippen molar-refractivity contribution in [1.82, 2.24) is 0 Å². The second-order valence-electron chi connectivity index (χ2n) is 5.42. The summed E-state index contributed by atoms with van der Waals surface area (Å²) in [4.78, 5) is 15.5. The number of anilines is 1. The number of fused-ring (bicyclic) bond motifs is 1. The summed E-state index contributed by atoms with van der Waals surface area (Å²) in [7, 11) is 0. The molecule has 1 aliphatic heterocycles. The molecule has 3 nitrogen and oxygen atoms in total. The first-order valence-electron chi connectivity index (χ1n) is 7.37. The minimum absolute atomic E-state index is 0.00801. The van der Waals surface area contributed by atoms with Gasteiger partial charge in [0.15, 0.2) is 6.61 Å². The summed E-state index contributed by atoms with van der Waals surface area (Å²) in [5.41, 5.74) is 3.18. The fourth-order valence-corrected chi connectivity index (χ4v) is 3.50. The van der Waals surface area contributed by atoms with E-state index in [1.165, 1.54) is 0 Å². The predicted octanol–water partition coefficient (Wildman–Crippen LogP) is 3.82. The van der Waals surface area contributed by atoms with Crippen molar-refractivity contribution in [3.05, 3.63) is 53.6 Å². The van der Waals surface area contributed by atoms with E-state index in [0.717, 1.165) is 39.8 Å². The first-order valence-corrected chi connectivity index (χ1v) is 8.36. The van der Waals surface area contributed by atoms with Gasteiger partial charge in [0.05, 0.1) is 5.69 Å². The van der Waals surface area contributed by atoms with Crippen LogP contribution in [0, 0.1) is 13.8 Å². The molecule has 0 unspecified atom stereocenters. The van der Waals surface area contributed by atoms with Crippen molar-refractivity contribution >= 4 is 23.4 Å². The number of para-hydroxylation sites is 1. The van der Waals surface area contributed by atoms with Crippen LogP contribution in [0.2, 0.25) is 0 Å². The van der Waals surface area contributed by atoms with E-state index in [1.807, 2.05) is 55.1 Å². The molecule has 0 saturated carbocycles. The van der Waals surface area contributed by atoms with Crippen molar-refractivity contribution in [2.75, 3.05) is 23.8 Å². The number of carbonyl (C=O) groups excluding carboxylic acids is 1. The van der Waals surface area contributed by atoms with E-state index in [-0.39, 0.29) is 12.5 Å². The number of nitrogens with zero attached hydrogens (tertiary/aromatic N) is 1. The Morgan fingerprint density at radius 1 is 1.23 bits per heavy atom. The molecule has 0 fully saturated rings. The Kier molecular flexibility index (Phi) is 4.39. The van der Waals surface area contributed by atoms with Gasteiger partial charge in [-0.1, -0.05) is 24.3 Å². The third-order valence-corrected chi connectivity index (χ3v) is 4.77. The lowest BCUT2D eigenvalue weighted by molar-refractivity contribution is -0.120. The zero-order valence-electron chi connectivity index (χ0n) is 12.8. The Hall–Kier alpha value is -1.94. The van der Waals surface area contributed by atoms with Gasteiger partial charge in [-0.2, -0.15) is 0 Å². The van der Waals surface area contributed by atoms with Gasteiger partial charge in [-0.05, 0) is 43.2 Å². The number of ether oxygens (including phenoxy) is 1. The highest BCUT2D eigenvalue weighted by atomic mass is 32.2. The van der Waals surface area contributed by atoms with Crippen molar-refractivity contribution in [1.29, 1.82) is 0 Å². The number of rotatable bonds is 3. The molecule has 0 atom stereocenters. The Morgan fingerprint density at radius 2 is 2.05 bits per heavy atom. The Balaban J connectivity index is 1.72. The minimum Gasteiger partial charge on any atom is -0.483 e. The van der Waals surface area contributed by atoms with Crippen molar-refractivity contribution in [3.63, 3.8) is 0 Å². The van der Waals surface area contributed by atoms with Gasteiger partial charge in [0.25, 0.3) is 5.91 Å². The fraction of sp³-hybridized carbons (Fsp3) is 0.278. The third kappa shape index (κ3) is 3.12. The van der Waals surface area contributed by atoms with E-state index < -0.39 is 0 Å². The predicted molar refractivity (Wildman–Crippen MR) is 90.9 cm³/mol. The standard InChI is InChI=1S/C18H19NO2S/c1-13-7-8-14(2)16(11-13)21-12-18(20)19-9-10-22-17-6-4-3-5-15(17)19/h3-8,11H,9-10,12H2,1-2H3. The molecule has 4 heteroatoms. The van der Waals surface area contributed by atoms with Gasteiger partial charge in [0.2, 0.25) is 0 Å². The first kappa shape index (κ1) is 15.0. The highest BCUT2D eigenvalue weighted by molar-refractivity contribution is 7.99. The highest BCUT2D eigenvalue weighted by Gasteiger charge is 2.22. The molecule has 0 radical (unpaired) electrons. The Labute approximate surface area is 135 Å². The van der Waals surface area contributed by atoms with E-state index in [2.05, 4.69) is 6.07 Å². The summed E-state index contributed by atoms with van der Waals surface area (Å²) in [6.07, 6.45) is 0. The Morgan fingerprint density at radius 3 is 2.91 bits per heavy atom. The summed E-state index contributed by atoms with van der Waals surface area (Å²) in [6.45, 7) is 4.82. The smallest absolute Gasteiger partial charge is 0.264 e. The molecule has 0 N–H and O–H groups in total. The molecule has 114 valence electrons. The van der Waals surface area contributed by atoms with Crippen LogP contribution in [0.1, 0.15) is 11.1 Å². The monoisotopic (exact) mass is 313 g/mol. The van der Waals surface area contributed by atoms with Crippen LogP contribution in [-0.4, -0.2) is 24.8 Å². The second kappa shape index (κ2) is 6.44. The maximum absolute atomic E-state index is 12.5. The van der Waals surface area contributed by atoms with Gasteiger partial charge >= 0.3 is 0 Å². The molecule has 0 saturated heterocycles. The molecule has 1 amide bonds. The molecule has 3 rings (SSSR count). The van der Waals surface area contributed by atoms with Crippen molar-refractivity contribution in [2.24, 2.45) is 0 Å². The summed E-state index contributed by atoms with van der Waals surface area (Å²) in [5.74, 6) is 1.72. The Bertz CT molecular complexity index is 699. The van der Waals surface area contributed by atoms with Crippen LogP contribution < -0.4 is 9.64 Å². The van der Waals surface area contributed by atoms with Crippen LogP contribution in [0.25, 0.3) is 0 Å². The number of hydrogen-bond acceptors (Lipinski definition) is 3. The van der Waals surface area contributed by atoms with Crippen LogP contribution in [0.3, 0.4) is 0 Å². The van der Waals surface area contributed by atoms with Crippen LogP contribution in [0.5, 0.6) is 5.75 Å². The van der Waals surface area contributed by atoms with Gasteiger partial charge in [0, 0.05) is 17.2 Å². The molecule has 1 heterocycles. The topological polar surface area (TPSA) is 29.5 Å². The van der Waals surface area contributed by atoms with Crippen LogP contribution in [0.15, 0.2) is 47.4 Å². The molecule has 2 aromatic rings. The van der Waals surface area contributed by atoms with E-state index in [4.69, 9.17) is 4.74 Å². The first-order chi connectivity index (χ1) is 10.6. The minimum atomic E-state index is 0.00801. The molecule has 0 aliphatic carbocycles. The molecular weight excluding hydrogens is 294 g/mol. The molecule has 0 bridgehead atoms. The number of aryl methyl sites for hydroxylation is 2. The molecular formula is C18H19NO2S. The summed E-state index contributed by atoms with van der Waals surface area (Å²) >= 11 is 1.79. The molecule has 1 aliphatic rings. The van der Waals surface area contributed by atoms with Crippen LogP contribution in [0.4, 0.5) is 5.69 Å². The van der Waals surface area contributed by atoms with Gasteiger partial charge in [-0.15, -0.1) is 11.8 Å². The lowest BCUT2D eigenvalue weighted by atomic mass is 10.1. The van der Waals surface area contributed by atoms with Crippen LogP contribution in [-0.2, 0) is 4.79 Å². The van der Waals surface area contributed by atoms with E-state index in [9.17, 15) is 4.79 Å². The van der Waals surface area contributed by atoms with Gasteiger partial charge < -0.3 is 9.64 Å². The average molecular weight is 313 g/mol. The highest BCUT2D eigenvalue weighted by Crippen LogP contribution is 2.34. The van der Waals surface area contributed by atoms with Crippen molar-refractivity contribution < 1.29 is 9.53 Å². The van der Waals surface area contributed by atoms with E-state index in [1.54, 1.807) is 11.8 Å². The van der Waals surface area contributed by atoms with Gasteiger partial charge in [-0.25, -0.2) is 0 Å². The average Bonchev–Trinajstić information content (AvgIpc) is 2.55. The molecule has 0 spiro atoms. The fourth-order valence-electron chi connectivity index (χ4n) is 2.51. The van der Waals surface area contributed by atoms with Crippen molar-refractivity contribution in [2.45, 2.75) is 18.7 Å². The summed E-state index contributed by atoms with van der Waals surface area (Å²) in [6, 6.07) is 14.1. The number of amides is 1. The van der Waals surface area contributed by atoms with Crippen molar-refractivity contribution in [3.8, 4) is 5.75 Å². The maximum Gasteiger partial charge on any atom is 0.264 e. The SMILES string of the molecule is Cc1ccc(C)c(OCC(=O)N2CCSc3ccccc32)c1. The lowest BCUT2D eigenvalue weighted by Crippen LogP contribution is -2.38. The molecule has 2 aromatic carbocycles. The number of thioether (sulfide) groups is 1. The number of hydrogen-bond donors (Lipinski definition) is 0. The van der Waals surface area contributed by atoms with E-state index >= 15 is 0 Å². The summed E-state index contributed by atoms with van der Waals surface area (Å²) in [5, 5.41) is 0. The maximum atomic E-state index is 12.5. The number of carbonyl (C=O) groups is 1. The second-order valence-corrected chi connectivity index (χ2v) is 6.56. The van der Waals surface area contributed by atoms with Crippen LogP contribution >= 0.6 is 11.8 Å². The zero-order chi connectivity index (χ0) is 15.5. The lowest BCUT2D eigenvalue weighted by Gasteiger charge is -2.29.